The normalized spacial score (nSPS) is 11.6. The number of hydrogen-bond acceptors (Lipinski definition) is 8. The molecule has 3 aromatic rings. The van der Waals surface area contributed by atoms with Crippen LogP contribution in [0.25, 0.3) is 10.2 Å². The summed E-state index contributed by atoms with van der Waals surface area (Å²) >= 11 is 1.23. The van der Waals surface area contributed by atoms with Crippen molar-refractivity contribution in [3.63, 3.8) is 0 Å². The van der Waals surface area contributed by atoms with Crippen molar-refractivity contribution in [2.24, 2.45) is 4.99 Å². The predicted molar refractivity (Wildman–Crippen MR) is 101 cm³/mol. The Labute approximate surface area is 164 Å². The summed E-state index contributed by atoms with van der Waals surface area (Å²) in [6.45, 7) is 3.58. The van der Waals surface area contributed by atoms with Gasteiger partial charge in [0.2, 0.25) is 5.76 Å². The summed E-state index contributed by atoms with van der Waals surface area (Å²) in [4.78, 5) is 29.0. The molecule has 0 aliphatic heterocycles. The molecule has 1 amide bonds. The summed E-state index contributed by atoms with van der Waals surface area (Å²) in [5, 5.41) is 3.70. The minimum Gasteiger partial charge on any atom is -0.493 e. The SMILES string of the molecule is CCOC(=O)Cn1c(=NC(=O)c2cc(C)no2)sc2cc(OC)c(OC)cc21. The number of ether oxygens (including phenoxy) is 3. The van der Waals surface area contributed by atoms with E-state index in [0.717, 1.165) is 4.70 Å². The van der Waals surface area contributed by atoms with E-state index in [2.05, 4.69) is 10.1 Å². The van der Waals surface area contributed by atoms with Crippen molar-refractivity contribution in [3.8, 4) is 11.5 Å². The molecule has 0 saturated carbocycles. The third-order valence-corrected chi connectivity index (χ3v) is 4.86. The monoisotopic (exact) mass is 405 g/mol. The minimum absolute atomic E-state index is 0.0211. The number of hydrogen-bond donors (Lipinski definition) is 0. The molecule has 0 spiro atoms. The van der Waals surface area contributed by atoms with Gasteiger partial charge in [0.25, 0.3) is 0 Å². The second-order valence-corrected chi connectivity index (χ2v) is 6.71. The lowest BCUT2D eigenvalue weighted by molar-refractivity contribution is -0.143. The van der Waals surface area contributed by atoms with Crippen LogP contribution in [0.5, 0.6) is 11.5 Å². The van der Waals surface area contributed by atoms with Gasteiger partial charge in [0.05, 0.1) is 36.7 Å². The van der Waals surface area contributed by atoms with E-state index in [1.54, 1.807) is 30.5 Å². The molecule has 0 unspecified atom stereocenters. The number of esters is 1. The van der Waals surface area contributed by atoms with Gasteiger partial charge in [0, 0.05) is 18.2 Å². The van der Waals surface area contributed by atoms with Gasteiger partial charge in [-0.3, -0.25) is 9.59 Å². The van der Waals surface area contributed by atoms with E-state index >= 15 is 0 Å². The number of rotatable bonds is 6. The molecule has 10 heteroatoms. The van der Waals surface area contributed by atoms with Crippen molar-refractivity contribution in [1.29, 1.82) is 0 Å². The first-order chi connectivity index (χ1) is 13.5. The second kappa shape index (κ2) is 8.26. The van der Waals surface area contributed by atoms with Gasteiger partial charge in [-0.1, -0.05) is 16.5 Å². The lowest BCUT2D eigenvalue weighted by atomic mass is 10.3. The Morgan fingerprint density at radius 1 is 1.21 bits per heavy atom. The first-order valence-corrected chi connectivity index (χ1v) is 9.21. The average molecular weight is 405 g/mol. The van der Waals surface area contributed by atoms with Crippen LogP contribution in [0.1, 0.15) is 23.2 Å². The summed E-state index contributed by atoms with van der Waals surface area (Å²) in [5.74, 6) is 0.00954. The number of aryl methyl sites for hydroxylation is 1. The second-order valence-electron chi connectivity index (χ2n) is 5.70. The van der Waals surface area contributed by atoms with Crippen LogP contribution in [0.2, 0.25) is 0 Å². The quantitative estimate of drug-likeness (QED) is 0.580. The Balaban J connectivity index is 2.17. The molecule has 0 fully saturated rings. The van der Waals surface area contributed by atoms with E-state index in [1.807, 2.05) is 0 Å². The molecule has 0 aliphatic rings. The molecule has 148 valence electrons. The van der Waals surface area contributed by atoms with E-state index in [4.69, 9.17) is 18.7 Å². The lowest BCUT2D eigenvalue weighted by Gasteiger charge is -2.09. The maximum Gasteiger partial charge on any atom is 0.326 e. The van der Waals surface area contributed by atoms with Crippen molar-refractivity contribution >= 4 is 33.4 Å². The summed E-state index contributed by atoms with van der Waals surface area (Å²) < 4.78 is 23.1. The fourth-order valence-electron chi connectivity index (χ4n) is 2.58. The van der Waals surface area contributed by atoms with Crippen LogP contribution in [0.3, 0.4) is 0 Å². The van der Waals surface area contributed by atoms with Gasteiger partial charge in [-0.05, 0) is 13.8 Å². The number of fused-ring (bicyclic) bond motifs is 1. The van der Waals surface area contributed by atoms with Crippen LogP contribution in [0.15, 0.2) is 27.7 Å². The molecule has 0 atom stereocenters. The minimum atomic E-state index is -0.594. The molecule has 0 saturated heterocycles. The first kappa shape index (κ1) is 19.6. The lowest BCUT2D eigenvalue weighted by Crippen LogP contribution is -2.23. The molecule has 2 heterocycles. The van der Waals surface area contributed by atoms with E-state index < -0.39 is 11.9 Å². The van der Waals surface area contributed by atoms with Crippen LogP contribution >= 0.6 is 11.3 Å². The zero-order valence-corrected chi connectivity index (χ0v) is 16.7. The highest BCUT2D eigenvalue weighted by molar-refractivity contribution is 7.16. The Morgan fingerprint density at radius 3 is 2.54 bits per heavy atom. The molecule has 0 radical (unpaired) electrons. The van der Waals surface area contributed by atoms with Gasteiger partial charge in [0.15, 0.2) is 16.3 Å². The van der Waals surface area contributed by atoms with Crippen LogP contribution in [0, 0.1) is 6.92 Å². The third-order valence-electron chi connectivity index (χ3n) is 3.82. The van der Waals surface area contributed by atoms with Crippen LogP contribution in [0.4, 0.5) is 0 Å². The highest BCUT2D eigenvalue weighted by Crippen LogP contribution is 2.33. The van der Waals surface area contributed by atoms with E-state index in [1.165, 1.54) is 31.6 Å². The van der Waals surface area contributed by atoms with Gasteiger partial charge >= 0.3 is 11.9 Å². The number of methoxy groups -OCH3 is 2. The van der Waals surface area contributed by atoms with Gasteiger partial charge in [-0.25, -0.2) is 0 Å². The van der Waals surface area contributed by atoms with Gasteiger partial charge in [0.1, 0.15) is 6.54 Å². The number of nitrogens with zero attached hydrogens (tertiary/aromatic N) is 3. The highest BCUT2D eigenvalue weighted by atomic mass is 32.1. The van der Waals surface area contributed by atoms with E-state index in [0.29, 0.717) is 27.5 Å². The summed E-state index contributed by atoms with van der Waals surface area (Å²) in [6, 6.07) is 5.00. The molecular formula is C18H19N3O6S. The average Bonchev–Trinajstić information content (AvgIpc) is 3.24. The number of benzene rings is 1. The topological polar surface area (TPSA) is 105 Å². The highest BCUT2D eigenvalue weighted by Gasteiger charge is 2.17. The Kier molecular flexibility index (Phi) is 5.78. The Bertz CT molecular complexity index is 1090. The fourth-order valence-corrected chi connectivity index (χ4v) is 3.61. The summed E-state index contributed by atoms with van der Waals surface area (Å²) in [7, 11) is 3.05. The van der Waals surface area contributed by atoms with Crippen molar-refractivity contribution in [2.75, 3.05) is 20.8 Å². The third kappa shape index (κ3) is 3.91. The fraction of sp³-hybridized carbons (Fsp3) is 0.333. The first-order valence-electron chi connectivity index (χ1n) is 8.40. The maximum atomic E-state index is 12.4. The van der Waals surface area contributed by atoms with E-state index in [9.17, 15) is 9.59 Å². The molecular weight excluding hydrogens is 386 g/mol. The standard InChI is InChI=1S/C18H19N3O6S/c1-5-26-16(22)9-21-11-7-12(24-3)13(25-4)8-15(11)28-18(21)19-17(23)14-6-10(2)20-27-14/h6-8H,5,9H2,1-4H3. The number of carbonyl (C=O) groups excluding carboxylic acids is 2. The van der Waals surface area contributed by atoms with Crippen molar-refractivity contribution in [1.82, 2.24) is 9.72 Å². The maximum absolute atomic E-state index is 12.4. The molecule has 2 aromatic heterocycles. The molecule has 9 nitrogen and oxygen atoms in total. The zero-order chi connectivity index (χ0) is 20.3. The van der Waals surface area contributed by atoms with Crippen molar-refractivity contribution in [3.05, 3.63) is 34.5 Å². The molecule has 28 heavy (non-hydrogen) atoms. The van der Waals surface area contributed by atoms with Gasteiger partial charge in [-0.2, -0.15) is 4.99 Å². The summed E-state index contributed by atoms with van der Waals surface area (Å²) in [6.07, 6.45) is 0. The predicted octanol–water partition coefficient (Wildman–Crippen LogP) is 2.32. The largest absolute Gasteiger partial charge is 0.493 e. The Morgan fingerprint density at radius 2 is 1.93 bits per heavy atom. The van der Waals surface area contributed by atoms with E-state index in [-0.39, 0.29) is 18.9 Å². The number of carbonyl (C=O) groups is 2. The Hall–Kier alpha value is -3.14. The van der Waals surface area contributed by atoms with Crippen LogP contribution < -0.4 is 14.3 Å². The molecule has 1 aromatic carbocycles. The molecule has 0 aliphatic carbocycles. The molecule has 0 N–H and O–H groups in total. The molecule has 3 rings (SSSR count). The van der Waals surface area contributed by atoms with Crippen LogP contribution in [-0.4, -0.2) is 42.4 Å². The van der Waals surface area contributed by atoms with Crippen LogP contribution in [-0.2, 0) is 16.1 Å². The van der Waals surface area contributed by atoms with Crippen molar-refractivity contribution in [2.45, 2.75) is 20.4 Å². The van der Waals surface area contributed by atoms with Gasteiger partial charge < -0.3 is 23.3 Å². The smallest absolute Gasteiger partial charge is 0.326 e. The number of thiazole rings is 1. The zero-order valence-electron chi connectivity index (χ0n) is 15.8. The molecule has 0 bridgehead atoms. The number of amides is 1. The number of aromatic nitrogens is 2. The van der Waals surface area contributed by atoms with Crippen molar-refractivity contribution < 1.29 is 28.3 Å². The summed E-state index contributed by atoms with van der Waals surface area (Å²) in [5.41, 5.74) is 1.24. The van der Waals surface area contributed by atoms with Gasteiger partial charge in [-0.15, -0.1) is 0 Å².